The average Bonchev–Trinajstić information content (AvgIpc) is 2.31. The van der Waals surface area contributed by atoms with Crippen molar-refractivity contribution in [2.24, 2.45) is 5.84 Å². The van der Waals surface area contributed by atoms with E-state index in [-0.39, 0.29) is 11.9 Å². The lowest BCUT2D eigenvalue weighted by molar-refractivity contribution is 0.479. The zero-order chi connectivity index (χ0) is 12.7. The Morgan fingerprint density at radius 1 is 1.35 bits per heavy atom. The minimum absolute atomic E-state index is 0.124. The van der Waals surface area contributed by atoms with Crippen LogP contribution < -0.4 is 11.3 Å². The van der Waals surface area contributed by atoms with Gasteiger partial charge in [-0.2, -0.15) is 0 Å². The van der Waals surface area contributed by atoms with Gasteiger partial charge in [-0.3, -0.25) is 11.3 Å². The number of rotatable bonds is 7. The molecule has 1 atom stereocenters. The van der Waals surface area contributed by atoms with E-state index in [1.54, 1.807) is 6.07 Å². The van der Waals surface area contributed by atoms with Crippen LogP contribution in [0, 0.1) is 9.39 Å². The largest absolute Gasteiger partial charge is 0.271 e. The molecule has 1 aromatic rings. The van der Waals surface area contributed by atoms with Gasteiger partial charge in [-0.1, -0.05) is 38.7 Å². The van der Waals surface area contributed by atoms with Gasteiger partial charge in [0.15, 0.2) is 0 Å². The van der Waals surface area contributed by atoms with Crippen LogP contribution in [0.15, 0.2) is 18.2 Å². The SMILES string of the molecule is CCCCCCC(NN)c1ccc(F)cc1I. The van der Waals surface area contributed by atoms with Crippen LogP contribution in [0.4, 0.5) is 4.39 Å². The van der Waals surface area contributed by atoms with Gasteiger partial charge in [0.05, 0.1) is 0 Å². The van der Waals surface area contributed by atoms with Gasteiger partial charge in [0.2, 0.25) is 0 Å². The Morgan fingerprint density at radius 2 is 2.12 bits per heavy atom. The van der Waals surface area contributed by atoms with E-state index in [0.29, 0.717) is 0 Å². The first kappa shape index (κ1) is 14.9. The van der Waals surface area contributed by atoms with Gasteiger partial charge in [-0.05, 0) is 46.7 Å². The summed E-state index contributed by atoms with van der Waals surface area (Å²) >= 11 is 2.16. The molecule has 0 saturated carbocycles. The minimum atomic E-state index is -0.195. The number of unbranched alkanes of at least 4 members (excludes halogenated alkanes) is 3. The van der Waals surface area contributed by atoms with Crippen LogP contribution >= 0.6 is 22.6 Å². The van der Waals surface area contributed by atoms with Crippen molar-refractivity contribution in [1.29, 1.82) is 0 Å². The maximum atomic E-state index is 13.0. The lowest BCUT2D eigenvalue weighted by Crippen LogP contribution is -2.28. The number of nitrogens with one attached hydrogen (secondary N) is 1. The second kappa shape index (κ2) is 8.00. The molecule has 96 valence electrons. The summed E-state index contributed by atoms with van der Waals surface area (Å²) in [4.78, 5) is 0. The Labute approximate surface area is 116 Å². The summed E-state index contributed by atoms with van der Waals surface area (Å²) in [7, 11) is 0. The average molecular weight is 350 g/mol. The van der Waals surface area contributed by atoms with Crippen LogP contribution in [0.5, 0.6) is 0 Å². The molecule has 0 saturated heterocycles. The molecule has 0 spiro atoms. The summed E-state index contributed by atoms with van der Waals surface area (Å²) in [6.45, 7) is 2.20. The molecule has 0 radical (unpaired) electrons. The molecular weight excluding hydrogens is 330 g/mol. The van der Waals surface area contributed by atoms with E-state index in [9.17, 15) is 4.39 Å². The quantitative estimate of drug-likeness (QED) is 0.339. The molecule has 0 aromatic heterocycles. The minimum Gasteiger partial charge on any atom is -0.271 e. The maximum Gasteiger partial charge on any atom is 0.124 e. The number of hydrogen-bond donors (Lipinski definition) is 2. The van der Waals surface area contributed by atoms with E-state index in [0.717, 1.165) is 22.0 Å². The summed E-state index contributed by atoms with van der Waals surface area (Å²) in [5.41, 5.74) is 3.92. The summed E-state index contributed by atoms with van der Waals surface area (Å²) in [6.07, 6.45) is 5.87. The third-order valence-corrected chi connectivity index (χ3v) is 3.82. The van der Waals surface area contributed by atoms with Crippen molar-refractivity contribution >= 4 is 22.6 Å². The van der Waals surface area contributed by atoms with Gasteiger partial charge in [0.25, 0.3) is 0 Å². The molecule has 1 aromatic carbocycles. The second-order valence-corrected chi connectivity index (χ2v) is 5.40. The van der Waals surface area contributed by atoms with E-state index in [2.05, 4.69) is 34.9 Å². The third kappa shape index (κ3) is 4.89. The molecule has 0 aliphatic carbocycles. The van der Waals surface area contributed by atoms with Crippen molar-refractivity contribution in [2.75, 3.05) is 0 Å². The van der Waals surface area contributed by atoms with Gasteiger partial charge in [0.1, 0.15) is 5.82 Å². The Hall–Kier alpha value is -0.200. The van der Waals surface area contributed by atoms with Crippen LogP contribution in [0.1, 0.15) is 50.6 Å². The molecule has 17 heavy (non-hydrogen) atoms. The molecule has 0 heterocycles. The van der Waals surface area contributed by atoms with Gasteiger partial charge in [-0.15, -0.1) is 0 Å². The van der Waals surface area contributed by atoms with Crippen molar-refractivity contribution in [1.82, 2.24) is 5.43 Å². The highest BCUT2D eigenvalue weighted by atomic mass is 127. The standard InChI is InChI=1S/C13H20FIN2/c1-2-3-4-5-6-13(17-16)11-8-7-10(14)9-12(11)15/h7-9,13,17H,2-6,16H2,1H3. The zero-order valence-corrected chi connectivity index (χ0v) is 12.3. The Morgan fingerprint density at radius 3 is 2.71 bits per heavy atom. The normalized spacial score (nSPS) is 12.7. The van der Waals surface area contributed by atoms with Crippen molar-refractivity contribution in [3.63, 3.8) is 0 Å². The molecule has 0 aliphatic heterocycles. The lowest BCUT2D eigenvalue weighted by Gasteiger charge is -2.17. The van der Waals surface area contributed by atoms with Gasteiger partial charge in [0, 0.05) is 9.61 Å². The zero-order valence-electron chi connectivity index (χ0n) is 10.2. The predicted molar refractivity (Wildman–Crippen MR) is 77.9 cm³/mol. The first-order valence-electron chi connectivity index (χ1n) is 6.10. The number of nitrogens with two attached hydrogens (primary N) is 1. The number of hydrogen-bond acceptors (Lipinski definition) is 2. The van der Waals surface area contributed by atoms with Crippen LogP contribution in [0.2, 0.25) is 0 Å². The molecule has 0 bridgehead atoms. The molecule has 2 nitrogen and oxygen atoms in total. The number of benzene rings is 1. The summed E-state index contributed by atoms with van der Waals surface area (Å²) in [5, 5.41) is 0. The molecule has 1 unspecified atom stereocenters. The highest BCUT2D eigenvalue weighted by Crippen LogP contribution is 2.24. The first-order chi connectivity index (χ1) is 8.19. The van der Waals surface area contributed by atoms with E-state index in [4.69, 9.17) is 5.84 Å². The van der Waals surface area contributed by atoms with Gasteiger partial charge < -0.3 is 0 Å². The predicted octanol–water partition coefficient (Wildman–Crippen LogP) is 3.91. The van der Waals surface area contributed by atoms with Gasteiger partial charge in [-0.25, -0.2) is 4.39 Å². The summed E-state index contributed by atoms with van der Waals surface area (Å²) < 4.78 is 13.9. The lowest BCUT2D eigenvalue weighted by atomic mass is 10.0. The molecule has 0 amide bonds. The number of hydrazine groups is 1. The summed E-state index contributed by atoms with van der Waals surface area (Å²) in [5.74, 6) is 5.38. The second-order valence-electron chi connectivity index (χ2n) is 4.23. The molecule has 3 N–H and O–H groups in total. The maximum absolute atomic E-state index is 13.0. The van der Waals surface area contributed by atoms with E-state index in [1.165, 1.54) is 25.3 Å². The Kier molecular flexibility index (Phi) is 6.99. The van der Waals surface area contributed by atoms with Gasteiger partial charge >= 0.3 is 0 Å². The van der Waals surface area contributed by atoms with Crippen LogP contribution in [0.3, 0.4) is 0 Å². The monoisotopic (exact) mass is 350 g/mol. The Balaban J connectivity index is 2.59. The highest BCUT2D eigenvalue weighted by Gasteiger charge is 2.12. The highest BCUT2D eigenvalue weighted by molar-refractivity contribution is 14.1. The fourth-order valence-electron chi connectivity index (χ4n) is 1.89. The third-order valence-electron chi connectivity index (χ3n) is 2.89. The van der Waals surface area contributed by atoms with Crippen molar-refractivity contribution in [3.8, 4) is 0 Å². The molecule has 4 heteroatoms. The fraction of sp³-hybridized carbons (Fsp3) is 0.538. The molecular formula is C13H20FIN2. The van der Waals surface area contributed by atoms with E-state index >= 15 is 0 Å². The topological polar surface area (TPSA) is 38.0 Å². The number of halogens is 2. The van der Waals surface area contributed by atoms with E-state index in [1.807, 2.05) is 6.07 Å². The Bertz CT molecular complexity index is 344. The van der Waals surface area contributed by atoms with Crippen molar-refractivity contribution in [2.45, 2.75) is 45.1 Å². The van der Waals surface area contributed by atoms with Crippen LogP contribution in [0.25, 0.3) is 0 Å². The molecule has 0 aliphatic rings. The van der Waals surface area contributed by atoms with Crippen LogP contribution in [-0.4, -0.2) is 0 Å². The smallest absolute Gasteiger partial charge is 0.124 e. The van der Waals surface area contributed by atoms with Crippen molar-refractivity contribution in [3.05, 3.63) is 33.1 Å². The molecule has 0 fully saturated rings. The first-order valence-corrected chi connectivity index (χ1v) is 7.18. The summed E-state index contributed by atoms with van der Waals surface area (Å²) in [6, 6.07) is 4.99. The van der Waals surface area contributed by atoms with Crippen molar-refractivity contribution < 1.29 is 4.39 Å². The fourth-order valence-corrected chi connectivity index (χ4v) is 2.74. The van der Waals surface area contributed by atoms with E-state index < -0.39 is 0 Å². The van der Waals surface area contributed by atoms with Crippen LogP contribution in [-0.2, 0) is 0 Å². The molecule has 1 rings (SSSR count).